The van der Waals surface area contributed by atoms with Crippen LogP contribution < -0.4 is 9.80 Å². The number of nitrogens with zero attached hydrogens (tertiary/aromatic N) is 5. The molecule has 1 aliphatic rings. The molecule has 0 bridgehead atoms. The summed E-state index contributed by atoms with van der Waals surface area (Å²) in [7, 11) is 3.88. The molecule has 6 nitrogen and oxygen atoms in total. The summed E-state index contributed by atoms with van der Waals surface area (Å²) in [5.74, 6) is 4.44. The van der Waals surface area contributed by atoms with Crippen molar-refractivity contribution in [3.63, 3.8) is 0 Å². The molecule has 0 N–H and O–H groups in total. The van der Waals surface area contributed by atoms with E-state index < -0.39 is 0 Å². The van der Waals surface area contributed by atoms with E-state index in [9.17, 15) is 0 Å². The van der Waals surface area contributed by atoms with Crippen LogP contribution in [0.1, 0.15) is 29.6 Å². The van der Waals surface area contributed by atoms with Crippen molar-refractivity contribution < 1.29 is 4.74 Å². The van der Waals surface area contributed by atoms with Crippen molar-refractivity contribution >= 4 is 23.0 Å². The fourth-order valence-corrected chi connectivity index (χ4v) is 4.82. The van der Waals surface area contributed by atoms with Crippen LogP contribution in [0, 0.1) is 12.3 Å². The van der Waals surface area contributed by atoms with Crippen LogP contribution in [0.25, 0.3) is 0 Å². The Kier molecular flexibility index (Phi) is 6.36. The molecule has 30 heavy (non-hydrogen) atoms. The normalized spacial score (nSPS) is 17.1. The van der Waals surface area contributed by atoms with Crippen molar-refractivity contribution in [3.8, 4) is 12.3 Å². The van der Waals surface area contributed by atoms with Gasteiger partial charge in [-0.3, -0.25) is 4.57 Å². The number of methoxy groups -OCH3 is 1. The zero-order chi connectivity index (χ0) is 20.9. The summed E-state index contributed by atoms with van der Waals surface area (Å²) in [5, 5.41) is 11.2. The molecule has 7 heteroatoms. The van der Waals surface area contributed by atoms with Crippen molar-refractivity contribution in [1.29, 1.82) is 0 Å². The van der Waals surface area contributed by atoms with Gasteiger partial charge in [-0.2, -0.15) is 0 Å². The van der Waals surface area contributed by atoms with E-state index in [0.29, 0.717) is 19.0 Å². The SMILES string of the molecule is C#CCCn1c(C(OC)c2cccs2)nnc1N1CCC(N(C)c2ccccc2)C1. The molecule has 1 aromatic carbocycles. The van der Waals surface area contributed by atoms with Gasteiger partial charge in [-0.15, -0.1) is 33.9 Å². The van der Waals surface area contributed by atoms with Gasteiger partial charge in [0.25, 0.3) is 0 Å². The minimum Gasteiger partial charge on any atom is -0.370 e. The number of ether oxygens (including phenoxy) is 1. The fourth-order valence-electron chi connectivity index (χ4n) is 4.03. The number of thiophene rings is 1. The average Bonchev–Trinajstić information content (AvgIpc) is 3.54. The third-order valence-electron chi connectivity index (χ3n) is 5.67. The number of rotatable bonds is 8. The monoisotopic (exact) mass is 421 g/mol. The standard InChI is InChI=1S/C23H27N5OS/c1-4-5-14-28-22(21(29-3)20-12-9-16-30-20)24-25-23(28)27-15-13-19(17-27)26(2)18-10-7-6-8-11-18/h1,6-12,16,19,21H,5,13-15,17H2,2-3H3. The molecule has 1 saturated heterocycles. The van der Waals surface area contributed by atoms with E-state index >= 15 is 0 Å². The molecule has 0 spiro atoms. The lowest BCUT2D eigenvalue weighted by Crippen LogP contribution is -2.35. The summed E-state index contributed by atoms with van der Waals surface area (Å²) in [6, 6.07) is 15.0. The van der Waals surface area contributed by atoms with Gasteiger partial charge in [-0.1, -0.05) is 24.3 Å². The zero-order valence-corrected chi connectivity index (χ0v) is 18.3. The maximum absolute atomic E-state index is 5.80. The Labute approximate surface area is 182 Å². The van der Waals surface area contributed by atoms with Crippen molar-refractivity contribution in [3.05, 3.63) is 58.5 Å². The highest BCUT2D eigenvalue weighted by atomic mass is 32.1. The molecule has 1 fully saturated rings. The summed E-state index contributed by atoms with van der Waals surface area (Å²) in [4.78, 5) is 5.78. The van der Waals surface area contributed by atoms with Crippen molar-refractivity contribution in [1.82, 2.24) is 14.8 Å². The van der Waals surface area contributed by atoms with E-state index in [1.165, 1.54) is 5.69 Å². The van der Waals surface area contributed by atoms with Gasteiger partial charge in [0.1, 0.15) is 0 Å². The molecular weight excluding hydrogens is 394 g/mol. The Balaban J connectivity index is 1.58. The number of hydrogen-bond acceptors (Lipinski definition) is 6. The van der Waals surface area contributed by atoms with Crippen molar-refractivity contribution in [2.75, 3.05) is 37.0 Å². The first-order valence-corrected chi connectivity index (χ1v) is 11.1. The first kappa shape index (κ1) is 20.5. The number of terminal acetylenes is 1. The van der Waals surface area contributed by atoms with Gasteiger partial charge in [0, 0.05) is 56.8 Å². The molecule has 3 heterocycles. The lowest BCUT2D eigenvalue weighted by atomic mass is 10.2. The summed E-state index contributed by atoms with van der Waals surface area (Å²) >= 11 is 1.66. The maximum Gasteiger partial charge on any atom is 0.227 e. The predicted octanol–water partition coefficient (Wildman–Crippen LogP) is 3.81. The number of aromatic nitrogens is 3. The van der Waals surface area contributed by atoms with Gasteiger partial charge in [0.2, 0.25) is 5.95 Å². The molecule has 0 amide bonds. The minimum absolute atomic E-state index is 0.241. The molecule has 3 aromatic rings. The van der Waals surface area contributed by atoms with Gasteiger partial charge >= 0.3 is 0 Å². The van der Waals surface area contributed by atoms with Gasteiger partial charge < -0.3 is 14.5 Å². The lowest BCUT2D eigenvalue weighted by Gasteiger charge is -2.27. The first-order valence-electron chi connectivity index (χ1n) is 10.2. The van der Waals surface area contributed by atoms with Gasteiger partial charge in [-0.05, 0) is 30.0 Å². The Morgan fingerprint density at radius 3 is 2.80 bits per heavy atom. The summed E-state index contributed by atoms with van der Waals surface area (Å²) < 4.78 is 7.94. The van der Waals surface area contributed by atoms with E-state index in [1.54, 1.807) is 18.4 Å². The molecule has 156 valence electrons. The van der Waals surface area contributed by atoms with Crippen molar-refractivity contribution in [2.45, 2.75) is 31.5 Å². The Morgan fingerprint density at radius 1 is 1.27 bits per heavy atom. The van der Waals surface area contributed by atoms with Gasteiger partial charge in [0.15, 0.2) is 11.9 Å². The van der Waals surface area contributed by atoms with Crippen LogP contribution in [0.3, 0.4) is 0 Å². The second-order valence-corrected chi connectivity index (χ2v) is 8.41. The fraction of sp³-hybridized carbons (Fsp3) is 0.391. The molecule has 1 aliphatic heterocycles. The average molecular weight is 422 g/mol. The molecule has 4 rings (SSSR count). The highest BCUT2D eigenvalue weighted by molar-refractivity contribution is 7.10. The molecule has 2 unspecified atom stereocenters. The smallest absolute Gasteiger partial charge is 0.227 e. The Hall–Kier alpha value is -2.82. The van der Waals surface area contributed by atoms with Gasteiger partial charge in [-0.25, -0.2) is 0 Å². The van der Waals surface area contributed by atoms with Gasteiger partial charge in [0.05, 0.1) is 0 Å². The lowest BCUT2D eigenvalue weighted by molar-refractivity contribution is 0.128. The largest absolute Gasteiger partial charge is 0.370 e. The summed E-state index contributed by atoms with van der Waals surface area (Å²) in [6.45, 7) is 2.51. The Morgan fingerprint density at radius 2 is 2.10 bits per heavy atom. The van der Waals surface area contributed by atoms with Crippen LogP contribution in [0.15, 0.2) is 47.8 Å². The number of likely N-dealkylation sites (N-methyl/N-ethyl adjacent to an activating group) is 1. The predicted molar refractivity (Wildman–Crippen MR) is 122 cm³/mol. The van der Waals surface area contributed by atoms with Crippen LogP contribution in [0.2, 0.25) is 0 Å². The molecular formula is C23H27N5OS. The molecule has 0 aliphatic carbocycles. The zero-order valence-electron chi connectivity index (χ0n) is 17.4. The topological polar surface area (TPSA) is 46.4 Å². The number of benzene rings is 1. The van der Waals surface area contributed by atoms with E-state index in [0.717, 1.165) is 36.2 Å². The highest BCUT2D eigenvalue weighted by Crippen LogP contribution is 2.31. The van der Waals surface area contributed by atoms with Crippen LogP contribution in [0.5, 0.6) is 0 Å². The number of hydrogen-bond donors (Lipinski definition) is 0. The summed E-state index contributed by atoms with van der Waals surface area (Å²) in [6.07, 6.45) is 7.03. The van der Waals surface area contributed by atoms with E-state index in [4.69, 9.17) is 11.2 Å². The second kappa shape index (κ2) is 9.33. The third kappa shape index (κ3) is 4.07. The number of para-hydroxylation sites is 1. The van der Waals surface area contributed by atoms with E-state index in [-0.39, 0.29) is 6.10 Å². The van der Waals surface area contributed by atoms with Crippen LogP contribution in [0.4, 0.5) is 11.6 Å². The molecule has 0 radical (unpaired) electrons. The van der Waals surface area contributed by atoms with E-state index in [1.807, 2.05) is 12.1 Å². The molecule has 0 saturated carbocycles. The highest BCUT2D eigenvalue weighted by Gasteiger charge is 2.31. The summed E-state index contributed by atoms with van der Waals surface area (Å²) in [5.41, 5.74) is 1.23. The maximum atomic E-state index is 5.80. The third-order valence-corrected chi connectivity index (χ3v) is 6.58. The molecule has 2 atom stereocenters. The van der Waals surface area contributed by atoms with Crippen LogP contribution >= 0.6 is 11.3 Å². The van der Waals surface area contributed by atoms with Crippen LogP contribution in [-0.4, -0.2) is 48.1 Å². The first-order chi connectivity index (χ1) is 14.7. The Bertz CT molecular complexity index is 979. The number of anilines is 2. The molecule has 2 aromatic heterocycles. The van der Waals surface area contributed by atoms with Crippen molar-refractivity contribution in [2.24, 2.45) is 0 Å². The minimum atomic E-state index is -0.241. The second-order valence-electron chi connectivity index (χ2n) is 7.43. The quantitative estimate of drug-likeness (QED) is 0.518. The van der Waals surface area contributed by atoms with Crippen LogP contribution in [-0.2, 0) is 11.3 Å². The van der Waals surface area contributed by atoms with E-state index in [2.05, 4.69) is 73.2 Å².